The Bertz CT molecular complexity index is 619. The molecule has 4 heteroatoms. The van der Waals surface area contributed by atoms with Crippen molar-refractivity contribution in [3.63, 3.8) is 0 Å². The summed E-state index contributed by atoms with van der Waals surface area (Å²) in [7, 11) is 0. The first-order valence-corrected chi connectivity index (χ1v) is 8.51. The van der Waals surface area contributed by atoms with E-state index in [-0.39, 0.29) is 0 Å². The zero-order chi connectivity index (χ0) is 15.2. The van der Waals surface area contributed by atoms with Gasteiger partial charge in [0.25, 0.3) is 0 Å². The maximum absolute atomic E-state index is 4.61. The third kappa shape index (κ3) is 4.42. The fourth-order valence-corrected chi connectivity index (χ4v) is 3.14. The van der Waals surface area contributed by atoms with Crippen molar-refractivity contribution in [2.24, 2.45) is 5.10 Å². The van der Waals surface area contributed by atoms with Crippen LogP contribution in [0.1, 0.15) is 11.1 Å². The molecule has 0 amide bonds. The molecule has 0 radical (unpaired) electrons. The average Bonchev–Trinajstić information content (AvgIpc) is 2.55. The summed E-state index contributed by atoms with van der Waals surface area (Å²) in [5, 5.41) is 6.79. The monoisotopic (exact) mass is 358 g/mol. The van der Waals surface area contributed by atoms with Crippen molar-refractivity contribution in [2.75, 3.05) is 26.2 Å². The van der Waals surface area contributed by atoms with Crippen LogP contribution < -0.4 is 4.90 Å². The van der Waals surface area contributed by atoms with Gasteiger partial charge in [-0.3, -0.25) is 5.01 Å². The third-order valence-corrected chi connectivity index (χ3v) is 4.46. The molecule has 0 unspecified atom stereocenters. The van der Waals surface area contributed by atoms with E-state index in [1.807, 2.05) is 18.3 Å². The fourth-order valence-electron chi connectivity index (χ4n) is 2.72. The zero-order valence-corrected chi connectivity index (χ0v) is 14.2. The molecule has 0 bridgehead atoms. The topological polar surface area (TPSA) is 20.0 Å². The molecule has 0 spiro atoms. The lowest BCUT2D eigenvalue weighted by Gasteiger charge is -2.30. The van der Waals surface area contributed by atoms with Crippen LogP contribution in [-0.4, -0.2) is 37.4 Å². The Morgan fingerprint density at radius 2 is 1.82 bits per heavy atom. The van der Waals surface area contributed by atoms with E-state index in [9.17, 15) is 0 Å². The lowest BCUT2D eigenvalue weighted by molar-refractivity contribution is -0.918. The van der Waals surface area contributed by atoms with Gasteiger partial charge in [0.15, 0.2) is 0 Å². The predicted molar refractivity (Wildman–Crippen MR) is 94.2 cm³/mol. The highest BCUT2D eigenvalue weighted by Gasteiger charge is 2.18. The van der Waals surface area contributed by atoms with Crippen LogP contribution in [0.25, 0.3) is 0 Å². The van der Waals surface area contributed by atoms with Gasteiger partial charge in [-0.05, 0) is 17.7 Å². The predicted octanol–water partition coefficient (Wildman–Crippen LogP) is 2.18. The molecule has 1 heterocycles. The largest absolute Gasteiger partial charge is 0.328 e. The van der Waals surface area contributed by atoms with E-state index < -0.39 is 0 Å². The van der Waals surface area contributed by atoms with Crippen molar-refractivity contribution >= 4 is 22.1 Å². The van der Waals surface area contributed by atoms with E-state index >= 15 is 0 Å². The maximum Gasteiger partial charge on any atom is 0.103 e. The minimum absolute atomic E-state index is 1.02. The van der Waals surface area contributed by atoms with Gasteiger partial charge in [-0.15, -0.1) is 0 Å². The molecular weight excluding hydrogens is 338 g/mol. The first-order chi connectivity index (χ1) is 10.8. The van der Waals surface area contributed by atoms with Crippen molar-refractivity contribution in [3.8, 4) is 0 Å². The number of quaternary nitrogens is 1. The molecule has 0 saturated carbocycles. The Morgan fingerprint density at radius 3 is 2.55 bits per heavy atom. The van der Waals surface area contributed by atoms with Crippen LogP contribution in [0, 0.1) is 0 Å². The lowest BCUT2D eigenvalue weighted by Crippen LogP contribution is -3.13. The van der Waals surface area contributed by atoms with Crippen LogP contribution in [0.4, 0.5) is 0 Å². The number of piperazine rings is 1. The molecule has 2 aromatic rings. The average molecular weight is 359 g/mol. The van der Waals surface area contributed by atoms with Crippen LogP contribution in [0.2, 0.25) is 0 Å². The Kier molecular flexibility index (Phi) is 5.24. The molecule has 3 nitrogen and oxygen atoms in total. The van der Waals surface area contributed by atoms with E-state index in [2.05, 4.69) is 68.5 Å². The Balaban J connectivity index is 1.49. The molecule has 1 aliphatic heterocycles. The van der Waals surface area contributed by atoms with Gasteiger partial charge in [0.05, 0.1) is 32.4 Å². The second-order valence-electron chi connectivity index (χ2n) is 5.67. The zero-order valence-electron chi connectivity index (χ0n) is 12.6. The van der Waals surface area contributed by atoms with Crippen molar-refractivity contribution in [1.82, 2.24) is 5.01 Å². The summed E-state index contributed by atoms with van der Waals surface area (Å²) in [6.07, 6.45) is 1.95. The number of hydrogen-bond donors (Lipinski definition) is 1. The molecule has 0 aliphatic carbocycles. The van der Waals surface area contributed by atoms with Crippen LogP contribution >= 0.6 is 15.9 Å². The molecule has 1 saturated heterocycles. The highest BCUT2D eigenvalue weighted by Crippen LogP contribution is 2.10. The second-order valence-corrected chi connectivity index (χ2v) is 6.58. The number of hydrazone groups is 1. The first kappa shape index (κ1) is 15.3. The number of nitrogens with one attached hydrogen (secondary N) is 1. The highest BCUT2D eigenvalue weighted by atomic mass is 79.9. The second kappa shape index (κ2) is 7.56. The van der Waals surface area contributed by atoms with Gasteiger partial charge >= 0.3 is 0 Å². The van der Waals surface area contributed by atoms with E-state index in [0.29, 0.717) is 0 Å². The molecule has 114 valence electrons. The van der Waals surface area contributed by atoms with Crippen molar-refractivity contribution in [2.45, 2.75) is 6.54 Å². The molecule has 0 aromatic heterocycles. The normalized spacial score (nSPS) is 16.3. The fraction of sp³-hybridized carbons (Fsp3) is 0.278. The van der Waals surface area contributed by atoms with Gasteiger partial charge in [-0.1, -0.05) is 58.4 Å². The number of halogens is 1. The minimum Gasteiger partial charge on any atom is -0.328 e. The maximum atomic E-state index is 4.61. The molecular formula is C18H21BrN3+. The summed E-state index contributed by atoms with van der Waals surface area (Å²) < 4.78 is 1.09. The van der Waals surface area contributed by atoms with Crippen molar-refractivity contribution in [3.05, 3.63) is 70.2 Å². The summed E-state index contributed by atoms with van der Waals surface area (Å²) in [6.45, 7) is 5.44. The van der Waals surface area contributed by atoms with Crippen LogP contribution in [-0.2, 0) is 6.54 Å². The Morgan fingerprint density at radius 1 is 1.05 bits per heavy atom. The summed E-state index contributed by atoms with van der Waals surface area (Å²) in [4.78, 5) is 1.64. The molecule has 3 rings (SSSR count). The Labute approximate surface area is 140 Å². The lowest BCUT2D eigenvalue weighted by atomic mass is 10.2. The number of rotatable bonds is 4. The molecule has 1 fully saturated rings. The van der Waals surface area contributed by atoms with Crippen molar-refractivity contribution in [1.29, 1.82) is 0 Å². The molecule has 2 aromatic carbocycles. The minimum atomic E-state index is 1.02. The van der Waals surface area contributed by atoms with Gasteiger partial charge in [0.1, 0.15) is 6.54 Å². The standard InChI is InChI=1S/C18H20BrN3/c19-18-8-4-7-17(13-18)14-20-22-11-9-21(10-12-22)15-16-5-2-1-3-6-16/h1-8,13-14H,9-12,15H2/p+1. The van der Waals surface area contributed by atoms with Crippen LogP contribution in [0.15, 0.2) is 64.2 Å². The summed E-state index contributed by atoms with van der Waals surface area (Å²) in [5.74, 6) is 0. The highest BCUT2D eigenvalue weighted by molar-refractivity contribution is 9.10. The number of hydrogen-bond acceptors (Lipinski definition) is 2. The first-order valence-electron chi connectivity index (χ1n) is 7.71. The summed E-state index contributed by atoms with van der Waals surface area (Å²) in [5.41, 5.74) is 2.55. The molecule has 22 heavy (non-hydrogen) atoms. The number of benzene rings is 2. The van der Waals surface area contributed by atoms with Gasteiger partial charge in [0.2, 0.25) is 0 Å². The molecule has 0 atom stereocenters. The van der Waals surface area contributed by atoms with Crippen molar-refractivity contribution < 1.29 is 4.90 Å². The van der Waals surface area contributed by atoms with Gasteiger partial charge in [0, 0.05) is 10.0 Å². The summed E-state index contributed by atoms with van der Waals surface area (Å²) in [6, 6.07) is 19.0. The molecule has 1 aliphatic rings. The van der Waals surface area contributed by atoms with Gasteiger partial charge in [-0.2, -0.15) is 5.10 Å². The SMILES string of the molecule is Brc1cccc(C=NN2CC[NH+](Cc3ccccc3)CC2)c1. The summed E-state index contributed by atoms with van der Waals surface area (Å²) >= 11 is 3.49. The van der Waals surface area contributed by atoms with Gasteiger partial charge < -0.3 is 4.90 Å². The van der Waals surface area contributed by atoms with E-state index in [1.165, 1.54) is 5.56 Å². The van der Waals surface area contributed by atoms with E-state index in [1.54, 1.807) is 4.90 Å². The van der Waals surface area contributed by atoms with E-state index in [0.717, 1.165) is 42.8 Å². The Hall–Kier alpha value is -1.65. The quantitative estimate of drug-likeness (QED) is 0.830. The van der Waals surface area contributed by atoms with E-state index in [4.69, 9.17) is 0 Å². The van der Waals surface area contributed by atoms with Gasteiger partial charge in [-0.25, -0.2) is 0 Å². The van der Waals surface area contributed by atoms with Crippen LogP contribution in [0.5, 0.6) is 0 Å². The van der Waals surface area contributed by atoms with Crippen LogP contribution in [0.3, 0.4) is 0 Å². The number of nitrogens with zero attached hydrogens (tertiary/aromatic N) is 2. The third-order valence-electron chi connectivity index (χ3n) is 3.96. The molecule has 1 N–H and O–H groups in total. The smallest absolute Gasteiger partial charge is 0.103 e.